The molecule has 0 aromatic rings. The van der Waals surface area contributed by atoms with Crippen LogP contribution in [0.5, 0.6) is 0 Å². The number of hydrogen-bond donors (Lipinski definition) is 0. The van der Waals surface area contributed by atoms with Crippen molar-refractivity contribution in [2.75, 3.05) is 11.5 Å². The Bertz CT molecular complexity index is 277. The Hall–Kier alpha value is -0.240. The van der Waals surface area contributed by atoms with Crippen molar-refractivity contribution in [3.8, 4) is 0 Å². The minimum atomic E-state index is 0.462. The first-order valence-corrected chi connectivity index (χ1v) is 8.31. The Morgan fingerprint density at radius 1 is 1.18 bits per heavy atom. The highest BCUT2D eigenvalue weighted by Crippen LogP contribution is 2.27. The molecule has 1 heterocycles. The zero-order chi connectivity index (χ0) is 11.9. The van der Waals surface area contributed by atoms with Gasteiger partial charge in [-0.3, -0.25) is 4.79 Å². The van der Waals surface area contributed by atoms with E-state index >= 15 is 0 Å². The smallest absolute Gasteiger partial charge is 0.158 e. The molecule has 0 atom stereocenters. The summed E-state index contributed by atoms with van der Waals surface area (Å²) in [5, 5.41) is 0. The minimum absolute atomic E-state index is 0.462. The van der Waals surface area contributed by atoms with Gasteiger partial charge in [0.05, 0.1) is 0 Å². The van der Waals surface area contributed by atoms with Crippen molar-refractivity contribution in [1.29, 1.82) is 0 Å². The molecular formula is C15H24OS. The van der Waals surface area contributed by atoms with E-state index in [1.807, 2.05) is 11.8 Å². The Kier molecular flexibility index (Phi) is 5.63. The fraction of sp³-hybridized carbons (Fsp3) is 0.800. The van der Waals surface area contributed by atoms with Gasteiger partial charge in [0.1, 0.15) is 0 Å². The first-order chi connectivity index (χ1) is 8.36. The molecule has 0 N–H and O–H groups in total. The number of carbonyl (C=O) groups excluding carboxylic acids is 1. The van der Waals surface area contributed by atoms with Crippen LogP contribution in [0, 0.1) is 5.92 Å². The normalized spacial score (nSPS) is 23.6. The van der Waals surface area contributed by atoms with Crippen LogP contribution in [0.4, 0.5) is 0 Å². The van der Waals surface area contributed by atoms with Crippen molar-refractivity contribution in [3.05, 3.63) is 11.6 Å². The maximum atomic E-state index is 12.3. The number of carbonyl (C=O) groups is 1. The molecule has 0 bridgehead atoms. The number of ketones is 1. The summed E-state index contributed by atoms with van der Waals surface area (Å²) in [6, 6.07) is 0. The average Bonchev–Trinajstić information content (AvgIpc) is 2.29. The summed E-state index contributed by atoms with van der Waals surface area (Å²) < 4.78 is 0. The third kappa shape index (κ3) is 4.50. The maximum Gasteiger partial charge on any atom is 0.158 e. The largest absolute Gasteiger partial charge is 0.295 e. The molecule has 2 heteroatoms. The van der Waals surface area contributed by atoms with Crippen molar-refractivity contribution in [2.45, 2.75) is 57.8 Å². The predicted octanol–water partition coefficient (Wildman–Crippen LogP) is 4.37. The van der Waals surface area contributed by atoms with Gasteiger partial charge in [-0.15, -0.1) is 0 Å². The van der Waals surface area contributed by atoms with Crippen LogP contribution in [0.25, 0.3) is 0 Å². The van der Waals surface area contributed by atoms with Crippen molar-refractivity contribution >= 4 is 17.5 Å². The SMILES string of the molecule is O=C(CC1CCSCC1)C1=CCCCCCC1. The number of Topliss-reactive ketones (excluding diaryl/α,β-unsaturated/α-hetero) is 1. The van der Waals surface area contributed by atoms with Crippen LogP contribution in [0.3, 0.4) is 0 Å². The van der Waals surface area contributed by atoms with Gasteiger partial charge >= 0.3 is 0 Å². The molecule has 0 saturated carbocycles. The molecule has 1 fully saturated rings. The van der Waals surface area contributed by atoms with E-state index in [-0.39, 0.29) is 0 Å². The first kappa shape index (κ1) is 13.2. The summed E-state index contributed by atoms with van der Waals surface area (Å²) in [4.78, 5) is 12.3. The molecule has 1 aliphatic carbocycles. The summed E-state index contributed by atoms with van der Waals surface area (Å²) in [5.74, 6) is 3.66. The topological polar surface area (TPSA) is 17.1 Å². The van der Waals surface area contributed by atoms with E-state index < -0.39 is 0 Å². The highest BCUT2D eigenvalue weighted by molar-refractivity contribution is 7.99. The van der Waals surface area contributed by atoms with Crippen molar-refractivity contribution in [1.82, 2.24) is 0 Å². The lowest BCUT2D eigenvalue weighted by molar-refractivity contribution is -0.116. The zero-order valence-corrected chi connectivity index (χ0v) is 11.6. The molecule has 1 nitrogen and oxygen atoms in total. The molecule has 2 rings (SSSR count). The zero-order valence-electron chi connectivity index (χ0n) is 10.7. The fourth-order valence-electron chi connectivity index (χ4n) is 2.79. The van der Waals surface area contributed by atoms with Gasteiger partial charge in [-0.05, 0) is 61.5 Å². The van der Waals surface area contributed by atoms with Crippen LogP contribution < -0.4 is 0 Å². The number of thioether (sulfide) groups is 1. The second-order valence-corrected chi connectivity index (χ2v) is 6.59. The van der Waals surface area contributed by atoms with Gasteiger partial charge in [0.2, 0.25) is 0 Å². The van der Waals surface area contributed by atoms with Gasteiger partial charge in [-0.25, -0.2) is 0 Å². The standard InChI is InChI=1S/C15H24OS/c16-15(12-13-8-10-17-11-9-13)14-6-4-2-1-3-5-7-14/h6,13H,1-5,7-12H2. The van der Waals surface area contributed by atoms with E-state index in [0.29, 0.717) is 11.7 Å². The van der Waals surface area contributed by atoms with Gasteiger partial charge < -0.3 is 0 Å². The van der Waals surface area contributed by atoms with E-state index in [4.69, 9.17) is 0 Å². The van der Waals surface area contributed by atoms with Crippen LogP contribution in [0.2, 0.25) is 0 Å². The van der Waals surface area contributed by atoms with E-state index in [1.165, 1.54) is 50.0 Å². The molecule has 96 valence electrons. The van der Waals surface area contributed by atoms with Crippen LogP contribution in [0.15, 0.2) is 11.6 Å². The fourth-order valence-corrected chi connectivity index (χ4v) is 3.99. The number of hydrogen-bond acceptors (Lipinski definition) is 2. The van der Waals surface area contributed by atoms with Gasteiger partial charge in [-0.1, -0.05) is 18.9 Å². The molecule has 17 heavy (non-hydrogen) atoms. The quantitative estimate of drug-likeness (QED) is 0.742. The Labute approximate surface area is 109 Å². The summed E-state index contributed by atoms with van der Waals surface area (Å²) in [6.07, 6.45) is 12.9. The molecular weight excluding hydrogens is 228 g/mol. The van der Waals surface area contributed by atoms with E-state index in [9.17, 15) is 4.79 Å². The summed E-state index contributed by atoms with van der Waals surface area (Å²) >= 11 is 2.04. The molecule has 0 radical (unpaired) electrons. The van der Waals surface area contributed by atoms with E-state index in [0.717, 1.165) is 24.8 Å². The highest BCUT2D eigenvalue weighted by atomic mass is 32.2. The third-order valence-corrected chi connectivity index (χ3v) is 5.01. The summed E-state index contributed by atoms with van der Waals surface area (Å²) in [7, 11) is 0. The lowest BCUT2D eigenvalue weighted by Crippen LogP contribution is -2.16. The average molecular weight is 252 g/mol. The molecule has 1 saturated heterocycles. The van der Waals surface area contributed by atoms with E-state index in [2.05, 4.69) is 6.08 Å². The second-order valence-electron chi connectivity index (χ2n) is 5.37. The molecule has 0 amide bonds. The molecule has 0 aromatic carbocycles. The molecule has 1 aliphatic heterocycles. The molecule has 0 aromatic heterocycles. The third-order valence-electron chi connectivity index (χ3n) is 3.96. The highest BCUT2D eigenvalue weighted by Gasteiger charge is 2.19. The summed E-state index contributed by atoms with van der Waals surface area (Å²) in [5.41, 5.74) is 1.16. The Morgan fingerprint density at radius 2 is 1.94 bits per heavy atom. The summed E-state index contributed by atoms with van der Waals surface area (Å²) in [6.45, 7) is 0. The van der Waals surface area contributed by atoms with Crippen molar-refractivity contribution in [2.24, 2.45) is 5.92 Å². The van der Waals surface area contributed by atoms with Gasteiger partial charge in [0.15, 0.2) is 5.78 Å². The van der Waals surface area contributed by atoms with Crippen LogP contribution in [0.1, 0.15) is 57.8 Å². The first-order valence-electron chi connectivity index (χ1n) is 7.16. The molecule has 2 aliphatic rings. The maximum absolute atomic E-state index is 12.3. The van der Waals surface area contributed by atoms with Gasteiger partial charge in [-0.2, -0.15) is 11.8 Å². The van der Waals surface area contributed by atoms with Crippen molar-refractivity contribution in [3.63, 3.8) is 0 Å². The van der Waals surface area contributed by atoms with Gasteiger partial charge in [0, 0.05) is 6.42 Å². The number of rotatable bonds is 3. The molecule has 0 spiro atoms. The number of allylic oxidation sites excluding steroid dienone is 2. The molecule has 0 unspecified atom stereocenters. The predicted molar refractivity (Wildman–Crippen MR) is 75.5 cm³/mol. The lowest BCUT2D eigenvalue weighted by atomic mass is 9.90. The lowest BCUT2D eigenvalue weighted by Gasteiger charge is -2.21. The monoisotopic (exact) mass is 252 g/mol. The van der Waals surface area contributed by atoms with Crippen LogP contribution in [-0.2, 0) is 4.79 Å². The Morgan fingerprint density at radius 3 is 2.76 bits per heavy atom. The Balaban J connectivity index is 1.84. The van der Waals surface area contributed by atoms with E-state index in [1.54, 1.807) is 0 Å². The second kappa shape index (κ2) is 7.25. The van der Waals surface area contributed by atoms with Gasteiger partial charge in [0.25, 0.3) is 0 Å². The van der Waals surface area contributed by atoms with Crippen molar-refractivity contribution < 1.29 is 4.79 Å². The van der Waals surface area contributed by atoms with Crippen LogP contribution >= 0.6 is 11.8 Å². The minimum Gasteiger partial charge on any atom is -0.295 e. The van der Waals surface area contributed by atoms with Crippen LogP contribution in [-0.4, -0.2) is 17.3 Å².